The first-order valence-electron chi connectivity index (χ1n) is 5.47. The number of hydrogen-bond donors (Lipinski definition) is 1. The highest BCUT2D eigenvalue weighted by Gasteiger charge is 2.26. The predicted octanol–water partition coefficient (Wildman–Crippen LogP) is 2.48. The molecule has 0 saturated carbocycles. The molecule has 15 heavy (non-hydrogen) atoms. The molecule has 0 aliphatic heterocycles. The molecule has 0 unspecified atom stereocenters. The van der Waals surface area contributed by atoms with Gasteiger partial charge in [0.05, 0.1) is 16.1 Å². The van der Waals surface area contributed by atoms with Crippen molar-refractivity contribution in [3.05, 3.63) is 18.2 Å². The molecule has 1 aromatic carbocycles. The van der Waals surface area contributed by atoms with E-state index in [9.17, 15) is 5.11 Å². The first-order valence-corrected chi connectivity index (χ1v) is 12.5. The van der Waals surface area contributed by atoms with Gasteiger partial charge in [0, 0.05) is 0 Å². The lowest BCUT2D eigenvalue weighted by Crippen LogP contribution is -2.45. The maximum absolute atomic E-state index is 10.3. The summed E-state index contributed by atoms with van der Waals surface area (Å²) < 4.78 is 0. The topological polar surface area (TPSA) is 20.2 Å². The maximum atomic E-state index is 10.3. The molecular formula is C12H22OSi2. The second kappa shape index (κ2) is 3.79. The molecule has 0 fully saturated rings. The van der Waals surface area contributed by atoms with E-state index < -0.39 is 16.1 Å². The molecule has 0 atom stereocenters. The summed E-state index contributed by atoms with van der Waals surface area (Å²) in [6, 6.07) is 6.28. The van der Waals surface area contributed by atoms with Crippen LogP contribution in [0.2, 0.25) is 39.3 Å². The summed E-state index contributed by atoms with van der Waals surface area (Å²) >= 11 is 0. The van der Waals surface area contributed by atoms with Crippen molar-refractivity contribution < 1.29 is 5.11 Å². The van der Waals surface area contributed by atoms with Crippen molar-refractivity contribution in [3.8, 4) is 5.75 Å². The van der Waals surface area contributed by atoms with Gasteiger partial charge in [-0.05, 0) is 10.4 Å². The fourth-order valence-electron chi connectivity index (χ4n) is 1.75. The number of hydrogen-bond acceptors (Lipinski definition) is 1. The minimum Gasteiger partial charge on any atom is -0.508 e. The second-order valence-corrected chi connectivity index (χ2v) is 16.3. The number of rotatable bonds is 2. The van der Waals surface area contributed by atoms with Crippen LogP contribution in [0.4, 0.5) is 0 Å². The quantitative estimate of drug-likeness (QED) is 0.785. The molecule has 1 nitrogen and oxygen atoms in total. The molecule has 0 aromatic heterocycles. The van der Waals surface area contributed by atoms with E-state index in [1.54, 1.807) is 0 Å². The summed E-state index contributed by atoms with van der Waals surface area (Å²) in [6.45, 7) is 13.6. The fourth-order valence-corrected chi connectivity index (χ4v) is 4.76. The Morgan fingerprint density at radius 2 is 1.13 bits per heavy atom. The lowest BCUT2D eigenvalue weighted by molar-refractivity contribution is 0.483. The minimum absolute atomic E-state index is 0.579. The van der Waals surface area contributed by atoms with Crippen molar-refractivity contribution in [1.82, 2.24) is 0 Å². The fraction of sp³-hybridized carbons (Fsp3) is 0.500. The van der Waals surface area contributed by atoms with E-state index in [0.29, 0.717) is 5.75 Å². The molecule has 0 aliphatic carbocycles. The molecule has 3 heteroatoms. The van der Waals surface area contributed by atoms with Crippen molar-refractivity contribution in [3.63, 3.8) is 0 Å². The van der Waals surface area contributed by atoms with Crippen molar-refractivity contribution in [1.29, 1.82) is 0 Å². The number of para-hydroxylation sites is 1. The number of benzene rings is 1. The van der Waals surface area contributed by atoms with Crippen molar-refractivity contribution >= 4 is 26.5 Å². The van der Waals surface area contributed by atoms with Crippen LogP contribution in [-0.2, 0) is 0 Å². The summed E-state index contributed by atoms with van der Waals surface area (Å²) in [5, 5.41) is 12.7. The summed E-state index contributed by atoms with van der Waals surface area (Å²) in [4.78, 5) is 0. The van der Waals surface area contributed by atoms with Gasteiger partial charge in [0.15, 0.2) is 0 Å². The Labute approximate surface area is 95.2 Å². The Balaban J connectivity index is 3.37. The van der Waals surface area contributed by atoms with E-state index in [1.165, 1.54) is 10.4 Å². The van der Waals surface area contributed by atoms with Crippen LogP contribution in [0.5, 0.6) is 5.75 Å². The molecule has 0 aliphatic rings. The zero-order chi connectivity index (χ0) is 11.9. The first-order chi connectivity index (χ1) is 6.64. The van der Waals surface area contributed by atoms with Crippen LogP contribution in [0, 0.1) is 0 Å². The van der Waals surface area contributed by atoms with Crippen molar-refractivity contribution in [2.45, 2.75) is 39.3 Å². The zero-order valence-electron chi connectivity index (χ0n) is 10.7. The van der Waals surface area contributed by atoms with Gasteiger partial charge >= 0.3 is 0 Å². The molecular weight excluding hydrogens is 216 g/mol. The van der Waals surface area contributed by atoms with Crippen LogP contribution in [0.1, 0.15) is 0 Å². The summed E-state index contributed by atoms with van der Waals surface area (Å²) in [5.41, 5.74) is 0. The van der Waals surface area contributed by atoms with E-state index in [2.05, 4.69) is 57.5 Å². The average molecular weight is 238 g/mol. The third-order valence-corrected chi connectivity index (χ3v) is 6.69. The van der Waals surface area contributed by atoms with Gasteiger partial charge in [-0.15, -0.1) is 0 Å². The van der Waals surface area contributed by atoms with Crippen LogP contribution in [0.25, 0.3) is 0 Å². The van der Waals surface area contributed by atoms with Gasteiger partial charge in [-0.3, -0.25) is 0 Å². The van der Waals surface area contributed by atoms with Gasteiger partial charge in [0.2, 0.25) is 0 Å². The molecule has 84 valence electrons. The Kier molecular flexibility index (Phi) is 3.17. The van der Waals surface area contributed by atoms with Crippen LogP contribution in [0.3, 0.4) is 0 Å². The molecule has 0 bridgehead atoms. The predicted molar refractivity (Wildman–Crippen MR) is 74.1 cm³/mol. The maximum Gasteiger partial charge on any atom is 0.114 e. The zero-order valence-corrected chi connectivity index (χ0v) is 12.7. The van der Waals surface area contributed by atoms with Crippen molar-refractivity contribution in [2.24, 2.45) is 0 Å². The Morgan fingerprint density at radius 3 is 1.40 bits per heavy atom. The molecule has 0 amide bonds. The minimum atomic E-state index is -1.42. The van der Waals surface area contributed by atoms with Gasteiger partial charge < -0.3 is 5.11 Å². The summed E-state index contributed by atoms with van der Waals surface area (Å²) in [7, 11) is -2.83. The Morgan fingerprint density at radius 1 is 0.800 bits per heavy atom. The molecule has 1 N–H and O–H groups in total. The lowest BCUT2D eigenvalue weighted by Gasteiger charge is -2.24. The number of phenols is 1. The summed E-state index contributed by atoms with van der Waals surface area (Å²) in [5.74, 6) is 0.579. The lowest BCUT2D eigenvalue weighted by atomic mass is 10.3. The van der Waals surface area contributed by atoms with Crippen LogP contribution < -0.4 is 10.4 Å². The molecule has 0 spiro atoms. The molecule has 1 aromatic rings. The second-order valence-electron chi connectivity index (χ2n) is 6.20. The van der Waals surface area contributed by atoms with Gasteiger partial charge in [-0.25, -0.2) is 0 Å². The Bertz CT molecular complexity index is 327. The van der Waals surface area contributed by atoms with E-state index >= 15 is 0 Å². The standard InChI is InChI=1S/C12H22OSi2/c1-14(2,3)10-8-7-9-11(12(10)13)15(4,5)6/h7-9,13H,1-6H3. The molecule has 0 heterocycles. The van der Waals surface area contributed by atoms with E-state index in [-0.39, 0.29) is 0 Å². The largest absolute Gasteiger partial charge is 0.508 e. The highest BCUT2D eigenvalue weighted by Crippen LogP contribution is 2.15. The first kappa shape index (κ1) is 12.5. The average Bonchev–Trinajstić information content (AvgIpc) is 1.99. The smallest absolute Gasteiger partial charge is 0.114 e. The normalized spacial score (nSPS) is 12.9. The third kappa shape index (κ3) is 2.72. The molecule has 1 rings (SSSR count). The third-order valence-electron chi connectivity index (χ3n) is 2.65. The SMILES string of the molecule is C[Si](C)(C)c1cccc([Si](C)(C)C)c1O. The van der Waals surface area contributed by atoms with E-state index in [1.807, 2.05) is 0 Å². The highest BCUT2D eigenvalue weighted by atomic mass is 28.3. The van der Waals surface area contributed by atoms with Crippen LogP contribution in [-0.4, -0.2) is 21.3 Å². The summed E-state index contributed by atoms with van der Waals surface area (Å²) in [6.07, 6.45) is 0. The number of phenolic OH excluding ortho intramolecular Hbond substituents is 1. The highest BCUT2D eigenvalue weighted by molar-refractivity contribution is 6.92. The van der Waals surface area contributed by atoms with E-state index in [0.717, 1.165) is 0 Å². The van der Waals surface area contributed by atoms with Gasteiger partial charge in [-0.1, -0.05) is 57.5 Å². The van der Waals surface area contributed by atoms with Crippen LogP contribution in [0.15, 0.2) is 18.2 Å². The van der Waals surface area contributed by atoms with Crippen LogP contribution >= 0.6 is 0 Å². The van der Waals surface area contributed by atoms with Crippen molar-refractivity contribution in [2.75, 3.05) is 0 Å². The molecule has 0 saturated heterocycles. The Hall–Kier alpha value is -0.546. The molecule has 0 radical (unpaired) electrons. The van der Waals surface area contributed by atoms with Gasteiger partial charge in [0.25, 0.3) is 0 Å². The van der Waals surface area contributed by atoms with Gasteiger partial charge in [-0.2, -0.15) is 0 Å². The number of aromatic hydroxyl groups is 1. The van der Waals surface area contributed by atoms with E-state index in [4.69, 9.17) is 0 Å². The monoisotopic (exact) mass is 238 g/mol. The van der Waals surface area contributed by atoms with Gasteiger partial charge in [0.1, 0.15) is 5.75 Å².